The van der Waals surface area contributed by atoms with E-state index in [4.69, 9.17) is 0 Å². The molecule has 116 valence electrons. The average Bonchev–Trinajstić information content (AvgIpc) is 2.76. The number of hydrogen-bond acceptors (Lipinski definition) is 3. The van der Waals surface area contributed by atoms with Gasteiger partial charge in [0.2, 0.25) is 0 Å². The van der Waals surface area contributed by atoms with Crippen molar-refractivity contribution in [3.63, 3.8) is 0 Å². The van der Waals surface area contributed by atoms with Gasteiger partial charge in [-0.25, -0.2) is 4.98 Å². The first-order valence-electron chi connectivity index (χ1n) is 7.96. The molecular weight excluding hydrogens is 248 g/mol. The van der Waals surface area contributed by atoms with Gasteiger partial charge < -0.3 is 5.32 Å². The maximum Gasteiger partial charge on any atom is 0.138 e. The van der Waals surface area contributed by atoms with Gasteiger partial charge in [-0.3, -0.25) is 4.68 Å². The Morgan fingerprint density at radius 3 is 2.55 bits per heavy atom. The zero-order valence-electron chi connectivity index (χ0n) is 14.1. The van der Waals surface area contributed by atoms with Crippen molar-refractivity contribution in [1.29, 1.82) is 0 Å². The summed E-state index contributed by atoms with van der Waals surface area (Å²) in [6, 6.07) is 0. The fraction of sp³-hybridized carbons (Fsp3) is 0.875. The molecule has 0 aromatic carbocycles. The van der Waals surface area contributed by atoms with Crippen molar-refractivity contribution in [2.45, 2.75) is 60.9 Å². The summed E-state index contributed by atoms with van der Waals surface area (Å²) in [6.45, 7) is 16.7. The Kier molecular flexibility index (Phi) is 6.66. The molecule has 0 aliphatic heterocycles. The van der Waals surface area contributed by atoms with Crippen LogP contribution in [0, 0.1) is 17.3 Å². The highest BCUT2D eigenvalue weighted by Crippen LogP contribution is 2.30. The van der Waals surface area contributed by atoms with Crippen LogP contribution in [-0.4, -0.2) is 27.9 Å². The molecule has 0 aliphatic carbocycles. The summed E-state index contributed by atoms with van der Waals surface area (Å²) in [5, 5.41) is 7.96. The second-order valence-corrected chi connectivity index (χ2v) is 6.91. The predicted octanol–water partition coefficient (Wildman–Crippen LogP) is 3.14. The van der Waals surface area contributed by atoms with E-state index < -0.39 is 0 Å². The minimum atomic E-state index is 0.216. The Hall–Kier alpha value is -0.900. The van der Waals surface area contributed by atoms with Gasteiger partial charge in [0, 0.05) is 19.5 Å². The number of aromatic nitrogens is 3. The largest absolute Gasteiger partial charge is 0.316 e. The van der Waals surface area contributed by atoms with E-state index in [2.05, 4.69) is 61.6 Å². The van der Waals surface area contributed by atoms with Crippen LogP contribution in [0.15, 0.2) is 6.33 Å². The fourth-order valence-corrected chi connectivity index (χ4v) is 2.30. The fourth-order valence-electron chi connectivity index (χ4n) is 2.30. The molecule has 1 atom stereocenters. The maximum absolute atomic E-state index is 4.47. The van der Waals surface area contributed by atoms with Crippen LogP contribution < -0.4 is 5.32 Å². The van der Waals surface area contributed by atoms with Crippen LogP contribution in [-0.2, 0) is 13.0 Å². The van der Waals surface area contributed by atoms with Gasteiger partial charge in [0.25, 0.3) is 0 Å². The molecule has 0 amide bonds. The number of nitrogens with zero attached hydrogens (tertiary/aromatic N) is 3. The minimum absolute atomic E-state index is 0.216. The molecule has 0 spiro atoms. The quantitative estimate of drug-likeness (QED) is 0.755. The highest BCUT2D eigenvalue weighted by atomic mass is 15.3. The van der Waals surface area contributed by atoms with Crippen LogP contribution >= 0.6 is 0 Å². The standard InChI is InChI=1S/C16H32N4/c1-7-8-20-15(18-12-19-20)9-16(6,14(4)5)11-17-10-13(2)3/h12-14,17H,7-11H2,1-6H3. The van der Waals surface area contributed by atoms with Gasteiger partial charge >= 0.3 is 0 Å². The summed E-state index contributed by atoms with van der Waals surface area (Å²) in [4.78, 5) is 4.47. The monoisotopic (exact) mass is 280 g/mol. The van der Waals surface area contributed by atoms with Gasteiger partial charge in [0.05, 0.1) is 0 Å². The highest BCUT2D eigenvalue weighted by Gasteiger charge is 2.30. The van der Waals surface area contributed by atoms with Gasteiger partial charge in [-0.2, -0.15) is 5.10 Å². The van der Waals surface area contributed by atoms with E-state index in [1.807, 2.05) is 0 Å². The molecule has 0 aliphatic rings. The Bertz CT molecular complexity index is 384. The van der Waals surface area contributed by atoms with Crippen LogP contribution in [0.3, 0.4) is 0 Å². The summed E-state index contributed by atoms with van der Waals surface area (Å²) in [6.07, 6.45) is 3.77. The van der Waals surface area contributed by atoms with Crippen LogP contribution in [0.5, 0.6) is 0 Å². The van der Waals surface area contributed by atoms with Crippen LogP contribution in [0.25, 0.3) is 0 Å². The zero-order valence-corrected chi connectivity index (χ0v) is 14.1. The Morgan fingerprint density at radius 1 is 1.30 bits per heavy atom. The molecule has 0 radical (unpaired) electrons. The van der Waals surface area contributed by atoms with Crippen LogP contribution in [0.1, 0.15) is 53.8 Å². The molecule has 1 unspecified atom stereocenters. The number of rotatable bonds is 9. The zero-order chi connectivity index (χ0) is 15.2. The molecule has 1 aromatic rings. The molecule has 1 rings (SSSR count). The van der Waals surface area contributed by atoms with Crippen molar-refractivity contribution < 1.29 is 0 Å². The molecule has 0 bridgehead atoms. The lowest BCUT2D eigenvalue weighted by Crippen LogP contribution is -2.39. The second kappa shape index (κ2) is 7.77. The van der Waals surface area contributed by atoms with E-state index in [1.165, 1.54) is 0 Å². The lowest BCUT2D eigenvalue weighted by molar-refractivity contribution is 0.198. The molecule has 1 N–H and O–H groups in total. The molecule has 20 heavy (non-hydrogen) atoms. The number of nitrogens with one attached hydrogen (secondary N) is 1. The maximum atomic E-state index is 4.47. The van der Waals surface area contributed by atoms with E-state index in [-0.39, 0.29) is 5.41 Å². The summed E-state index contributed by atoms with van der Waals surface area (Å²) in [5.74, 6) is 2.42. The molecule has 0 saturated carbocycles. The summed E-state index contributed by atoms with van der Waals surface area (Å²) < 4.78 is 2.06. The predicted molar refractivity (Wildman–Crippen MR) is 84.7 cm³/mol. The molecule has 4 heteroatoms. The van der Waals surface area contributed by atoms with E-state index in [9.17, 15) is 0 Å². The van der Waals surface area contributed by atoms with Crippen molar-refractivity contribution in [2.24, 2.45) is 17.3 Å². The van der Waals surface area contributed by atoms with Crippen LogP contribution in [0.4, 0.5) is 0 Å². The van der Waals surface area contributed by atoms with E-state index in [0.717, 1.165) is 38.3 Å². The molecule has 4 nitrogen and oxygen atoms in total. The van der Waals surface area contributed by atoms with Crippen LogP contribution in [0.2, 0.25) is 0 Å². The Balaban J connectivity index is 2.72. The number of hydrogen-bond donors (Lipinski definition) is 1. The molecule has 0 saturated heterocycles. The van der Waals surface area contributed by atoms with E-state index >= 15 is 0 Å². The van der Waals surface area contributed by atoms with Gasteiger partial charge in [-0.1, -0.05) is 41.5 Å². The third-order valence-electron chi connectivity index (χ3n) is 4.17. The summed E-state index contributed by atoms with van der Waals surface area (Å²) >= 11 is 0. The first kappa shape index (κ1) is 17.2. The first-order valence-corrected chi connectivity index (χ1v) is 7.96. The van der Waals surface area contributed by atoms with Crippen molar-refractivity contribution in [1.82, 2.24) is 20.1 Å². The molecule has 1 aromatic heterocycles. The third-order valence-corrected chi connectivity index (χ3v) is 4.17. The normalized spacial score (nSPS) is 15.0. The SMILES string of the molecule is CCCn1ncnc1CC(C)(CNCC(C)C)C(C)C. The lowest BCUT2D eigenvalue weighted by atomic mass is 9.76. The second-order valence-electron chi connectivity index (χ2n) is 6.91. The van der Waals surface area contributed by atoms with Crippen molar-refractivity contribution >= 4 is 0 Å². The summed E-state index contributed by atoms with van der Waals surface area (Å²) in [7, 11) is 0. The average molecular weight is 280 g/mol. The van der Waals surface area contributed by atoms with Crippen molar-refractivity contribution in [2.75, 3.05) is 13.1 Å². The smallest absolute Gasteiger partial charge is 0.138 e. The third kappa shape index (κ3) is 4.89. The Labute approximate surface area is 124 Å². The first-order chi connectivity index (χ1) is 9.39. The minimum Gasteiger partial charge on any atom is -0.316 e. The molecule has 1 heterocycles. The van der Waals surface area contributed by atoms with E-state index in [1.54, 1.807) is 6.33 Å². The Morgan fingerprint density at radius 2 is 2.00 bits per heavy atom. The summed E-state index contributed by atoms with van der Waals surface area (Å²) in [5.41, 5.74) is 0.216. The van der Waals surface area contributed by atoms with Crippen molar-refractivity contribution in [3.8, 4) is 0 Å². The van der Waals surface area contributed by atoms with E-state index in [0.29, 0.717) is 11.8 Å². The highest BCUT2D eigenvalue weighted by molar-refractivity contribution is 4.95. The van der Waals surface area contributed by atoms with Gasteiger partial charge in [-0.05, 0) is 30.2 Å². The van der Waals surface area contributed by atoms with Gasteiger partial charge in [0.1, 0.15) is 12.2 Å². The topological polar surface area (TPSA) is 42.7 Å². The van der Waals surface area contributed by atoms with Crippen molar-refractivity contribution in [3.05, 3.63) is 12.2 Å². The van der Waals surface area contributed by atoms with Gasteiger partial charge in [0.15, 0.2) is 0 Å². The van der Waals surface area contributed by atoms with Gasteiger partial charge in [-0.15, -0.1) is 0 Å². The number of aryl methyl sites for hydroxylation is 1. The lowest BCUT2D eigenvalue weighted by Gasteiger charge is -2.34. The molecule has 0 fully saturated rings. The molecular formula is C16H32N4.